The third kappa shape index (κ3) is 4.17. The maximum absolute atomic E-state index is 12.3. The number of unbranched alkanes of at least 4 members (excludes halogenated alkanes) is 1. The van der Waals surface area contributed by atoms with Crippen molar-refractivity contribution in [2.45, 2.75) is 57.9 Å². The van der Waals surface area contributed by atoms with Crippen LogP contribution in [0.2, 0.25) is 0 Å². The number of carboxylic acid groups (broad SMARTS) is 1. The van der Waals surface area contributed by atoms with Crippen molar-refractivity contribution in [3.63, 3.8) is 0 Å². The van der Waals surface area contributed by atoms with Crippen LogP contribution in [-0.4, -0.2) is 42.9 Å². The SMILES string of the molecule is CCCCN(C)S(=O)(=O)NC1(C(=O)O)CCCC(C)C1. The fourth-order valence-electron chi connectivity index (χ4n) is 2.71. The molecule has 1 aliphatic carbocycles. The molecule has 1 fully saturated rings. The largest absolute Gasteiger partial charge is 0.480 e. The molecule has 1 saturated carbocycles. The lowest BCUT2D eigenvalue weighted by Gasteiger charge is -2.37. The normalized spacial score (nSPS) is 27.7. The molecule has 2 N–H and O–H groups in total. The maximum Gasteiger partial charge on any atom is 0.324 e. The van der Waals surface area contributed by atoms with Gasteiger partial charge in [-0.25, -0.2) is 0 Å². The predicted molar refractivity (Wildman–Crippen MR) is 77.6 cm³/mol. The summed E-state index contributed by atoms with van der Waals surface area (Å²) in [5.41, 5.74) is -1.35. The summed E-state index contributed by atoms with van der Waals surface area (Å²) in [5.74, 6) is -0.861. The fraction of sp³-hybridized carbons (Fsp3) is 0.923. The van der Waals surface area contributed by atoms with E-state index in [1.54, 1.807) is 0 Å². The summed E-state index contributed by atoms with van der Waals surface area (Å²) in [6.45, 7) is 4.35. The highest BCUT2D eigenvalue weighted by Gasteiger charge is 2.45. The van der Waals surface area contributed by atoms with Crippen molar-refractivity contribution in [3.8, 4) is 0 Å². The number of carboxylic acids is 1. The van der Waals surface area contributed by atoms with Crippen LogP contribution in [0.5, 0.6) is 0 Å². The van der Waals surface area contributed by atoms with Crippen LogP contribution in [0.15, 0.2) is 0 Å². The Kier molecular flexibility index (Phi) is 5.97. The third-order valence-electron chi connectivity index (χ3n) is 3.97. The van der Waals surface area contributed by atoms with E-state index in [1.807, 2.05) is 13.8 Å². The van der Waals surface area contributed by atoms with E-state index in [-0.39, 0.29) is 5.92 Å². The van der Waals surface area contributed by atoms with Crippen LogP contribution < -0.4 is 4.72 Å². The standard InChI is InChI=1S/C13H26N2O4S/c1-4-5-9-15(3)20(18,19)14-13(12(16)17)8-6-7-11(2)10-13/h11,14H,4-10H2,1-3H3,(H,16,17). The molecule has 0 aromatic carbocycles. The van der Waals surface area contributed by atoms with Crippen LogP contribution in [0.25, 0.3) is 0 Å². The Balaban J connectivity index is 2.87. The fourth-order valence-corrected chi connectivity index (χ4v) is 4.00. The Morgan fingerprint density at radius 1 is 1.50 bits per heavy atom. The zero-order valence-electron chi connectivity index (χ0n) is 12.6. The van der Waals surface area contributed by atoms with Gasteiger partial charge in [0.1, 0.15) is 5.54 Å². The number of hydrogen-bond donors (Lipinski definition) is 2. The second-order valence-corrected chi connectivity index (χ2v) is 7.65. The molecule has 6 nitrogen and oxygen atoms in total. The lowest BCUT2D eigenvalue weighted by Crippen LogP contribution is -2.59. The van der Waals surface area contributed by atoms with Gasteiger partial charge >= 0.3 is 5.97 Å². The Morgan fingerprint density at radius 2 is 2.15 bits per heavy atom. The average Bonchev–Trinajstić information content (AvgIpc) is 2.35. The molecule has 7 heteroatoms. The molecule has 0 amide bonds. The van der Waals surface area contributed by atoms with E-state index < -0.39 is 21.7 Å². The van der Waals surface area contributed by atoms with Crippen LogP contribution in [0, 0.1) is 5.92 Å². The highest BCUT2D eigenvalue weighted by Crippen LogP contribution is 2.33. The van der Waals surface area contributed by atoms with Gasteiger partial charge < -0.3 is 5.11 Å². The minimum atomic E-state index is -3.76. The monoisotopic (exact) mass is 306 g/mol. The van der Waals surface area contributed by atoms with E-state index in [9.17, 15) is 18.3 Å². The van der Waals surface area contributed by atoms with Gasteiger partial charge in [0, 0.05) is 13.6 Å². The first kappa shape index (κ1) is 17.4. The molecule has 0 spiro atoms. The molecule has 0 aliphatic heterocycles. The zero-order chi connectivity index (χ0) is 15.4. The lowest BCUT2D eigenvalue weighted by molar-refractivity contribution is -0.146. The van der Waals surface area contributed by atoms with Gasteiger partial charge in [0.25, 0.3) is 10.2 Å². The number of aliphatic carboxylic acids is 1. The molecule has 2 unspecified atom stereocenters. The second kappa shape index (κ2) is 6.87. The van der Waals surface area contributed by atoms with Crippen molar-refractivity contribution >= 4 is 16.2 Å². The topological polar surface area (TPSA) is 86.7 Å². The summed E-state index contributed by atoms with van der Waals surface area (Å²) < 4.78 is 28.2. The van der Waals surface area contributed by atoms with Gasteiger partial charge in [-0.1, -0.05) is 33.1 Å². The summed E-state index contributed by atoms with van der Waals surface area (Å²) in [7, 11) is -2.27. The molecule has 0 aromatic heterocycles. The van der Waals surface area contributed by atoms with E-state index >= 15 is 0 Å². The molecule has 2 atom stereocenters. The number of hydrogen-bond acceptors (Lipinski definition) is 3. The smallest absolute Gasteiger partial charge is 0.324 e. The van der Waals surface area contributed by atoms with Gasteiger partial charge in [-0.05, 0) is 25.2 Å². The van der Waals surface area contributed by atoms with Crippen LogP contribution >= 0.6 is 0 Å². The Hall–Kier alpha value is -0.660. The summed E-state index contributed by atoms with van der Waals surface area (Å²) in [6, 6.07) is 0. The van der Waals surface area contributed by atoms with E-state index in [2.05, 4.69) is 4.72 Å². The molecular formula is C13H26N2O4S. The first-order chi connectivity index (χ1) is 9.23. The third-order valence-corrected chi connectivity index (χ3v) is 5.62. The van der Waals surface area contributed by atoms with Gasteiger partial charge in [0.05, 0.1) is 0 Å². The molecule has 0 aromatic rings. The maximum atomic E-state index is 12.3. The molecule has 0 heterocycles. The Bertz CT molecular complexity index is 438. The number of nitrogens with zero attached hydrogens (tertiary/aromatic N) is 1. The summed E-state index contributed by atoms with van der Waals surface area (Å²) in [5, 5.41) is 9.48. The van der Waals surface area contributed by atoms with E-state index in [0.29, 0.717) is 19.4 Å². The molecule has 1 aliphatic rings. The van der Waals surface area contributed by atoms with Crippen LogP contribution in [-0.2, 0) is 15.0 Å². The molecule has 20 heavy (non-hydrogen) atoms. The number of carbonyl (C=O) groups is 1. The highest BCUT2D eigenvalue weighted by atomic mass is 32.2. The van der Waals surface area contributed by atoms with Gasteiger partial charge in [0.15, 0.2) is 0 Å². The van der Waals surface area contributed by atoms with Crippen molar-refractivity contribution in [2.24, 2.45) is 5.92 Å². The Morgan fingerprint density at radius 3 is 2.65 bits per heavy atom. The first-order valence-electron chi connectivity index (χ1n) is 7.22. The van der Waals surface area contributed by atoms with Crippen molar-refractivity contribution in [2.75, 3.05) is 13.6 Å². The van der Waals surface area contributed by atoms with Crippen LogP contribution in [0.4, 0.5) is 0 Å². The molecule has 0 radical (unpaired) electrons. The van der Waals surface area contributed by atoms with Crippen molar-refractivity contribution in [1.82, 2.24) is 9.03 Å². The first-order valence-corrected chi connectivity index (χ1v) is 8.66. The minimum Gasteiger partial charge on any atom is -0.480 e. The zero-order valence-corrected chi connectivity index (χ0v) is 13.4. The molecular weight excluding hydrogens is 280 g/mol. The average molecular weight is 306 g/mol. The van der Waals surface area contributed by atoms with Crippen molar-refractivity contribution < 1.29 is 18.3 Å². The molecule has 0 saturated heterocycles. The Labute approximate surface area is 121 Å². The van der Waals surface area contributed by atoms with Crippen LogP contribution in [0.3, 0.4) is 0 Å². The van der Waals surface area contributed by atoms with Gasteiger partial charge in [-0.2, -0.15) is 17.4 Å². The van der Waals surface area contributed by atoms with Gasteiger partial charge in [-0.3, -0.25) is 4.79 Å². The van der Waals surface area contributed by atoms with E-state index in [1.165, 1.54) is 11.4 Å². The second-order valence-electron chi connectivity index (χ2n) is 5.87. The highest BCUT2D eigenvalue weighted by molar-refractivity contribution is 7.87. The van der Waals surface area contributed by atoms with Crippen molar-refractivity contribution in [1.29, 1.82) is 0 Å². The van der Waals surface area contributed by atoms with Crippen LogP contribution in [0.1, 0.15) is 52.4 Å². The summed E-state index contributed by atoms with van der Waals surface area (Å²) in [4.78, 5) is 11.6. The van der Waals surface area contributed by atoms with E-state index in [4.69, 9.17) is 0 Å². The summed E-state index contributed by atoms with van der Waals surface area (Å²) >= 11 is 0. The van der Waals surface area contributed by atoms with Gasteiger partial charge in [0.2, 0.25) is 0 Å². The lowest BCUT2D eigenvalue weighted by atomic mass is 9.77. The predicted octanol–water partition coefficient (Wildman–Crippen LogP) is 1.59. The molecule has 0 bridgehead atoms. The van der Waals surface area contributed by atoms with Crippen molar-refractivity contribution in [3.05, 3.63) is 0 Å². The number of rotatable bonds is 7. The summed E-state index contributed by atoms with van der Waals surface area (Å²) in [6.07, 6.45) is 4.03. The molecule has 1 rings (SSSR count). The number of nitrogens with one attached hydrogen (secondary N) is 1. The van der Waals surface area contributed by atoms with Gasteiger partial charge in [-0.15, -0.1) is 0 Å². The quantitative estimate of drug-likeness (QED) is 0.748. The minimum absolute atomic E-state index is 0.212. The van der Waals surface area contributed by atoms with E-state index in [0.717, 1.165) is 25.7 Å². The molecule has 118 valence electrons.